The second-order valence-corrected chi connectivity index (χ2v) is 6.20. The molecule has 23 heavy (non-hydrogen) atoms. The Morgan fingerprint density at radius 2 is 1.57 bits per heavy atom. The fourth-order valence-electron chi connectivity index (χ4n) is 3.62. The number of benzene rings is 3. The van der Waals surface area contributed by atoms with Gasteiger partial charge in [0.1, 0.15) is 0 Å². The molecule has 110 valence electrons. The summed E-state index contributed by atoms with van der Waals surface area (Å²) in [6.07, 6.45) is 7.66. The molecule has 0 spiro atoms. The van der Waals surface area contributed by atoms with Gasteiger partial charge in [0.05, 0.1) is 0 Å². The van der Waals surface area contributed by atoms with Crippen molar-refractivity contribution in [1.82, 2.24) is 0 Å². The van der Waals surface area contributed by atoms with E-state index in [1.165, 1.54) is 32.9 Å². The van der Waals surface area contributed by atoms with Crippen molar-refractivity contribution in [2.75, 3.05) is 0 Å². The smallest absolute Gasteiger partial charge is 0.110 e. The Labute approximate surface area is 138 Å². The summed E-state index contributed by atoms with van der Waals surface area (Å²) in [5, 5.41) is 2.63. The molecule has 3 aromatic carbocycles. The van der Waals surface area contributed by atoms with Crippen LogP contribution in [0.1, 0.15) is 5.56 Å². The lowest BCUT2D eigenvalue weighted by Crippen LogP contribution is -2.31. The minimum absolute atomic E-state index is 0.495. The first kappa shape index (κ1) is 14.1. The van der Waals surface area contributed by atoms with Crippen LogP contribution in [0.4, 0.5) is 0 Å². The van der Waals surface area contributed by atoms with Gasteiger partial charge in [0.2, 0.25) is 6.71 Å². The molecule has 0 aliphatic carbocycles. The maximum atomic E-state index is 2.31. The highest BCUT2D eigenvalue weighted by atomic mass is 14.1. The molecule has 0 atom stereocenters. The fraction of sp³-hybridized carbons (Fsp3) is 0.0909. The minimum Gasteiger partial charge on any atom is -0.110 e. The zero-order valence-electron chi connectivity index (χ0n) is 13.4. The van der Waals surface area contributed by atoms with Crippen molar-refractivity contribution in [3.05, 3.63) is 90.4 Å². The quantitative estimate of drug-likeness (QED) is 0.571. The van der Waals surface area contributed by atoms with Crippen LogP contribution in [0.5, 0.6) is 0 Å². The zero-order valence-corrected chi connectivity index (χ0v) is 13.4. The topological polar surface area (TPSA) is 0 Å². The van der Waals surface area contributed by atoms with E-state index >= 15 is 0 Å². The first-order chi connectivity index (χ1) is 11.3. The molecule has 1 aliphatic rings. The van der Waals surface area contributed by atoms with Crippen LogP contribution in [-0.2, 0) is 0 Å². The van der Waals surface area contributed by atoms with Gasteiger partial charge in [-0.3, -0.25) is 0 Å². The molecular weight excluding hydrogens is 275 g/mol. The second-order valence-electron chi connectivity index (χ2n) is 6.20. The van der Waals surface area contributed by atoms with E-state index in [0.717, 1.165) is 6.32 Å². The van der Waals surface area contributed by atoms with Gasteiger partial charge in [-0.15, -0.1) is 5.98 Å². The lowest BCUT2D eigenvalue weighted by atomic mass is 9.41. The summed E-state index contributed by atoms with van der Waals surface area (Å²) in [5.74, 6) is 2.31. The third-order valence-corrected chi connectivity index (χ3v) is 4.84. The van der Waals surface area contributed by atoms with Crippen molar-refractivity contribution in [3.8, 4) is 11.1 Å². The number of hydrogen-bond acceptors (Lipinski definition) is 0. The molecule has 0 radical (unpaired) electrons. The number of rotatable bonds is 2. The molecular formula is C22H19B. The highest BCUT2D eigenvalue weighted by Gasteiger charge is 2.17. The third kappa shape index (κ3) is 2.53. The summed E-state index contributed by atoms with van der Waals surface area (Å²) in [7, 11) is 0. The normalized spacial score (nSPS) is 13.7. The zero-order chi connectivity index (χ0) is 15.6. The van der Waals surface area contributed by atoms with E-state index in [2.05, 4.69) is 91.8 Å². The summed E-state index contributed by atoms with van der Waals surface area (Å²) in [5.41, 5.74) is 5.52. The summed E-state index contributed by atoms with van der Waals surface area (Å²) in [6.45, 7) is 2.76. The van der Waals surface area contributed by atoms with Crippen LogP contribution in [0.2, 0.25) is 6.32 Å². The van der Waals surface area contributed by atoms with E-state index in [9.17, 15) is 0 Å². The predicted molar refractivity (Wildman–Crippen MR) is 103 cm³/mol. The van der Waals surface area contributed by atoms with Crippen molar-refractivity contribution < 1.29 is 0 Å². The van der Waals surface area contributed by atoms with E-state index in [0.29, 0.717) is 6.71 Å². The van der Waals surface area contributed by atoms with Gasteiger partial charge in [-0.05, 0) is 40.7 Å². The fourth-order valence-corrected chi connectivity index (χ4v) is 3.62. The Kier molecular flexibility index (Phi) is 3.63. The summed E-state index contributed by atoms with van der Waals surface area (Å²) in [6, 6.07) is 22.0. The van der Waals surface area contributed by atoms with Gasteiger partial charge in [0.15, 0.2) is 0 Å². The Hall–Kier alpha value is -2.54. The minimum atomic E-state index is 0.495. The Morgan fingerprint density at radius 3 is 2.43 bits per heavy atom. The molecule has 1 heterocycles. The van der Waals surface area contributed by atoms with E-state index in [1.54, 1.807) is 0 Å². The number of hydrogen-bond donors (Lipinski definition) is 0. The Bertz CT molecular complexity index is 913. The summed E-state index contributed by atoms with van der Waals surface area (Å²) >= 11 is 0. The molecule has 3 aromatic rings. The SMILES string of the molecule is Cc1c(B2C=CC=CC2)cccc1-c1cccc2ccccc12. The summed E-state index contributed by atoms with van der Waals surface area (Å²) in [4.78, 5) is 0. The number of fused-ring (bicyclic) bond motifs is 1. The van der Waals surface area contributed by atoms with Crippen molar-refractivity contribution in [2.24, 2.45) is 0 Å². The average Bonchev–Trinajstić information content (AvgIpc) is 2.62. The first-order valence-electron chi connectivity index (χ1n) is 8.25. The molecule has 0 nitrogen and oxygen atoms in total. The van der Waals surface area contributed by atoms with Gasteiger partial charge in [-0.1, -0.05) is 84.4 Å². The van der Waals surface area contributed by atoms with Crippen molar-refractivity contribution in [2.45, 2.75) is 13.2 Å². The predicted octanol–water partition coefficient (Wildman–Crippen LogP) is 5.18. The molecule has 0 fully saturated rings. The highest BCUT2D eigenvalue weighted by molar-refractivity contribution is 6.78. The molecule has 0 amide bonds. The van der Waals surface area contributed by atoms with Gasteiger partial charge in [-0.2, -0.15) is 0 Å². The van der Waals surface area contributed by atoms with Crippen molar-refractivity contribution in [3.63, 3.8) is 0 Å². The van der Waals surface area contributed by atoms with Gasteiger partial charge in [-0.25, -0.2) is 0 Å². The third-order valence-electron chi connectivity index (χ3n) is 4.84. The maximum Gasteiger partial charge on any atom is 0.205 e. The molecule has 0 saturated heterocycles. The van der Waals surface area contributed by atoms with Crippen LogP contribution < -0.4 is 5.46 Å². The molecule has 0 aromatic heterocycles. The van der Waals surface area contributed by atoms with Crippen LogP contribution in [0, 0.1) is 6.92 Å². The molecule has 0 saturated carbocycles. The van der Waals surface area contributed by atoms with Crippen LogP contribution in [0.15, 0.2) is 84.9 Å². The van der Waals surface area contributed by atoms with E-state index < -0.39 is 0 Å². The first-order valence-corrected chi connectivity index (χ1v) is 8.25. The van der Waals surface area contributed by atoms with E-state index in [1.807, 2.05) is 0 Å². The van der Waals surface area contributed by atoms with Gasteiger partial charge in [0.25, 0.3) is 0 Å². The molecule has 4 rings (SSSR count). The molecule has 1 aliphatic heterocycles. The molecule has 0 unspecified atom stereocenters. The molecule has 0 bridgehead atoms. The summed E-state index contributed by atoms with van der Waals surface area (Å²) < 4.78 is 0. The molecule has 0 N–H and O–H groups in total. The monoisotopic (exact) mass is 294 g/mol. The van der Waals surface area contributed by atoms with Gasteiger partial charge >= 0.3 is 0 Å². The second kappa shape index (κ2) is 5.93. The standard InChI is InChI=1S/C22H19B/c1-17-19(12-8-14-22(17)23-15-5-2-6-16-23)21-13-7-10-18-9-3-4-11-20(18)21/h2-15H,16H2,1H3. The van der Waals surface area contributed by atoms with Crippen molar-refractivity contribution >= 4 is 22.9 Å². The van der Waals surface area contributed by atoms with Crippen molar-refractivity contribution in [1.29, 1.82) is 0 Å². The molecule has 1 heteroatoms. The van der Waals surface area contributed by atoms with Crippen LogP contribution >= 0.6 is 0 Å². The van der Waals surface area contributed by atoms with E-state index in [4.69, 9.17) is 0 Å². The Balaban J connectivity index is 1.89. The van der Waals surface area contributed by atoms with Crippen LogP contribution in [0.3, 0.4) is 0 Å². The van der Waals surface area contributed by atoms with Crippen LogP contribution in [0.25, 0.3) is 21.9 Å². The van der Waals surface area contributed by atoms with Gasteiger partial charge < -0.3 is 0 Å². The lowest BCUT2D eigenvalue weighted by molar-refractivity contribution is 1.48. The number of allylic oxidation sites excluding steroid dienone is 3. The average molecular weight is 294 g/mol. The van der Waals surface area contributed by atoms with Gasteiger partial charge in [0, 0.05) is 0 Å². The maximum absolute atomic E-state index is 2.31. The lowest BCUT2D eigenvalue weighted by Gasteiger charge is -2.17. The van der Waals surface area contributed by atoms with E-state index in [-0.39, 0.29) is 0 Å². The Morgan fingerprint density at radius 1 is 0.783 bits per heavy atom. The highest BCUT2D eigenvalue weighted by Crippen LogP contribution is 2.30. The van der Waals surface area contributed by atoms with Crippen LogP contribution in [-0.4, -0.2) is 6.71 Å². The largest absolute Gasteiger partial charge is 0.205 e.